The van der Waals surface area contributed by atoms with Gasteiger partial charge in [-0.1, -0.05) is 23.7 Å². The fourth-order valence-electron chi connectivity index (χ4n) is 4.37. The molecule has 1 unspecified atom stereocenters. The Labute approximate surface area is 209 Å². The fourth-order valence-corrected chi connectivity index (χ4v) is 5.53. The summed E-state index contributed by atoms with van der Waals surface area (Å²) in [5, 5.41) is 1.35. The first-order chi connectivity index (χ1) is 16.1. The number of fused-ring (bicyclic) bond motifs is 3. The lowest BCUT2D eigenvalue weighted by Gasteiger charge is -2.36. The zero-order valence-corrected chi connectivity index (χ0v) is 20.4. The molecule has 1 aliphatic rings. The van der Waals surface area contributed by atoms with E-state index in [9.17, 15) is 17.6 Å². The van der Waals surface area contributed by atoms with Gasteiger partial charge in [0.05, 0.1) is 5.52 Å². The van der Waals surface area contributed by atoms with Crippen LogP contribution in [0.5, 0.6) is 0 Å². The molecule has 2 aromatic heterocycles. The van der Waals surface area contributed by atoms with Gasteiger partial charge in [-0.05, 0) is 65.3 Å². The molecule has 4 nitrogen and oxygen atoms in total. The Morgan fingerprint density at radius 3 is 2.65 bits per heavy atom. The van der Waals surface area contributed by atoms with E-state index in [4.69, 9.17) is 11.6 Å². The van der Waals surface area contributed by atoms with Crippen molar-refractivity contribution in [1.82, 2.24) is 15.0 Å². The predicted octanol–water partition coefficient (Wildman–Crippen LogP) is 6.97. The summed E-state index contributed by atoms with van der Waals surface area (Å²) >= 11 is 8.38. The van der Waals surface area contributed by atoms with E-state index in [0.717, 1.165) is 32.3 Å². The number of alkyl halides is 3. The van der Waals surface area contributed by atoms with Gasteiger partial charge in [-0.3, -0.25) is 0 Å². The Morgan fingerprint density at radius 2 is 1.91 bits per heavy atom. The maximum Gasteiger partial charge on any atom is 0.433 e. The fraction of sp³-hybridized carbons (Fsp3) is 0.217. The molecule has 34 heavy (non-hydrogen) atoms. The number of aromatic nitrogens is 3. The van der Waals surface area contributed by atoms with Crippen LogP contribution in [0.15, 0.2) is 36.5 Å². The molecule has 0 saturated carbocycles. The van der Waals surface area contributed by atoms with Crippen LogP contribution in [0, 0.1) is 22.1 Å². The van der Waals surface area contributed by atoms with Crippen molar-refractivity contribution >= 4 is 51.0 Å². The van der Waals surface area contributed by atoms with Crippen LogP contribution in [-0.2, 0) is 12.6 Å². The third-order valence-electron chi connectivity index (χ3n) is 5.94. The number of hydrogen-bond donors (Lipinski definition) is 1. The lowest BCUT2D eigenvalue weighted by molar-refractivity contribution is -0.141. The topological polar surface area (TPSA) is 44.8 Å². The van der Waals surface area contributed by atoms with Crippen LogP contribution < -0.4 is 4.90 Å². The number of rotatable bonds is 2. The van der Waals surface area contributed by atoms with Crippen molar-refractivity contribution in [3.8, 4) is 0 Å². The lowest BCUT2D eigenvalue weighted by Crippen LogP contribution is -2.38. The highest BCUT2D eigenvalue weighted by atomic mass is 127. The average Bonchev–Trinajstić information content (AvgIpc) is 3.16. The molecule has 2 aromatic carbocycles. The number of halogens is 7. The largest absolute Gasteiger partial charge is 0.433 e. The normalized spacial score (nSPS) is 16.2. The van der Waals surface area contributed by atoms with Crippen LogP contribution in [0.4, 0.5) is 27.9 Å². The summed E-state index contributed by atoms with van der Waals surface area (Å²) < 4.78 is 70.7. The molecule has 1 aliphatic heterocycles. The van der Waals surface area contributed by atoms with E-state index < -0.39 is 29.5 Å². The van der Waals surface area contributed by atoms with Gasteiger partial charge < -0.3 is 9.88 Å². The van der Waals surface area contributed by atoms with Crippen LogP contribution in [0.25, 0.3) is 10.9 Å². The Bertz CT molecular complexity index is 1440. The van der Waals surface area contributed by atoms with E-state index in [0.29, 0.717) is 17.1 Å². The highest BCUT2D eigenvalue weighted by molar-refractivity contribution is 14.1. The highest BCUT2D eigenvalue weighted by Gasteiger charge is 2.38. The van der Waals surface area contributed by atoms with Crippen molar-refractivity contribution in [3.63, 3.8) is 0 Å². The third kappa shape index (κ3) is 3.80. The smallest absolute Gasteiger partial charge is 0.355 e. The molecular formula is C23H15ClF5IN4. The lowest BCUT2D eigenvalue weighted by atomic mass is 9.91. The molecule has 0 aliphatic carbocycles. The van der Waals surface area contributed by atoms with Crippen LogP contribution in [0.2, 0.25) is 5.02 Å². The summed E-state index contributed by atoms with van der Waals surface area (Å²) in [6.45, 7) is 1.62. The van der Waals surface area contributed by atoms with E-state index >= 15 is 4.39 Å². The maximum absolute atomic E-state index is 15.2. The van der Waals surface area contributed by atoms with Gasteiger partial charge in [0.25, 0.3) is 0 Å². The van der Waals surface area contributed by atoms with E-state index in [-0.39, 0.29) is 23.6 Å². The van der Waals surface area contributed by atoms with Gasteiger partial charge in [0.1, 0.15) is 11.7 Å². The summed E-state index contributed by atoms with van der Waals surface area (Å²) in [7, 11) is 0. The number of hydrogen-bond acceptors (Lipinski definition) is 3. The number of nitrogens with one attached hydrogen (secondary N) is 1. The molecule has 0 spiro atoms. The van der Waals surface area contributed by atoms with Crippen LogP contribution >= 0.6 is 34.2 Å². The van der Waals surface area contributed by atoms with Gasteiger partial charge in [-0.2, -0.15) is 13.2 Å². The van der Waals surface area contributed by atoms with Crippen LogP contribution in [0.3, 0.4) is 0 Å². The Balaban J connectivity index is 1.76. The van der Waals surface area contributed by atoms with Crippen molar-refractivity contribution in [1.29, 1.82) is 0 Å². The Hall–Kier alpha value is -2.47. The number of benzene rings is 2. The van der Waals surface area contributed by atoms with Crippen LogP contribution in [-0.4, -0.2) is 21.5 Å². The molecule has 0 fully saturated rings. The minimum Gasteiger partial charge on any atom is -0.355 e. The summed E-state index contributed by atoms with van der Waals surface area (Å²) in [5.74, 6) is -2.30. The zero-order chi connectivity index (χ0) is 24.4. The van der Waals surface area contributed by atoms with E-state index in [1.54, 1.807) is 12.1 Å². The van der Waals surface area contributed by atoms with Crippen molar-refractivity contribution in [3.05, 3.63) is 84.8 Å². The molecule has 0 bridgehead atoms. The van der Waals surface area contributed by atoms with Gasteiger partial charge in [0, 0.05) is 38.0 Å². The third-order valence-corrected chi connectivity index (χ3v) is 7.01. The van der Waals surface area contributed by atoms with E-state index in [1.165, 1.54) is 24.0 Å². The number of aryl methyl sites for hydroxylation is 1. The second-order valence-corrected chi connectivity index (χ2v) is 9.61. The monoisotopic (exact) mass is 604 g/mol. The molecule has 0 amide bonds. The maximum atomic E-state index is 15.2. The first kappa shape index (κ1) is 23.3. The molecule has 4 aromatic rings. The summed E-state index contributed by atoms with van der Waals surface area (Å²) in [6, 6.07) is 6.22. The molecule has 1 N–H and O–H groups in total. The molecule has 11 heteroatoms. The van der Waals surface area contributed by atoms with Crippen molar-refractivity contribution in [2.45, 2.75) is 25.6 Å². The quantitative estimate of drug-likeness (QED) is 0.199. The van der Waals surface area contributed by atoms with Gasteiger partial charge in [0.15, 0.2) is 11.6 Å². The number of anilines is 1. The van der Waals surface area contributed by atoms with Crippen molar-refractivity contribution in [2.75, 3.05) is 11.4 Å². The SMILES string of the molecule is Cc1ccc(C2c3[nH]c4c(I)cc(Cl)cc4c3CCN2c2nccc(C(F)(F)F)n2)c(F)c1F. The average molecular weight is 605 g/mol. The van der Waals surface area contributed by atoms with E-state index in [2.05, 4.69) is 37.5 Å². The number of H-pyrrole nitrogens is 1. The van der Waals surface area contributed by atoms with Gasteiger partial charge in [-0.25, -0.2) is 18.7 Å². The summed E-state index contributed by atoms with van der Waals surface area (Å²) in [6.07, 6.45) is -3.25. The number of aromatic amines is 1. The molecular weight excluding hydrogens is 590 g/mol. The van der Waals surface area contributed by atoms with Crippen molar-refractivity contribution < 1.29 is 22.0 Å². The summed E-state index contributed by atoms with van der Waals surface area (Å²) in [4.78, 5) is 12.5. The zero-order valence-electron chi connectivity index (χ0n) is 17.4. The minimum absolute atomic E-state index is 0.0299. The molecule has 0 radical (unpaired) electrons. The first-order valence-electron chi connectivity index (χ1n) is 10.2. The molecule has 1 atom stereocenters. The minimum atomic E-state index is -4.68. The van der Waals surface area contributed by atoms with Crippen LogP contribution in [0.1, 0.15) is 34.1 Å². The molecule has 5 rings (SSSR count). The van der Waals surface area contributed by atoms with Gasteiger partial charge >= 0.3 is 6.18 Å². The standard InChI is InChI=1S/C23H15ClF5IN4/c1-10-2-3-13(18(26)17(10)25)21-20-12(14-8-11(24)9-15(30)19(14)33-20)5-7-34(21)22-31-6-4-16(32-22)23(27,28)29/h2-4,6,8-9,21,33H,5,7H2,1H3. The second kappa shape index (κ2) is 8.33. The van der Waals surface area contributed by atoms with Crippen molar-refractivity contribution in [2.24, 2.45) is 0 Å². The Morgan fingerprint density at radius 1 is 1.15 bits per heavy atom. The van der Waals surface area contributed by atoms with Gasteiger partial charge in [-0.15, -0.1) is 0 Å². The van der Waals surface area contributed by atoms with Gasteiger partial charge in [0.2, 0.25) is 5.95 Å². The predicted molar refractivity (Wildman–Crippen MR) is 127 cm³/mol. The highest BCUT2D eigenvalue weighted by Crippen LogP contribution is 2.43. The summed E-state index contributed by atoms with van der Waals surface area (Å²) in [5.41, 5.74) is 1.11. The molecule has 176 valence electrons. The first-order valence-corrected chi connectivity index (χ1v) is 11.6. The number of nitrogens with zero attached hydrogens (tertiary/aromatic N) is 3. The van der Waals surface area contributed by atoms with E-state index in [1.807, 2.05) is 0 Å². The Kier molecular flexibility index (Phi) is 5.70. The molecule has 3 heterocycles. The molecule has 0 saturated heterocycles. The second-order valence-electron chi connectivity index (χ2n) is 8.01.